The second-order valence-electron chi connectivity index (χ2n) is 11.5. The molecule has 0 heterocycles. The number of hydrogen-bond donors (Lipinski definition) is 1. The molecule has 35 heavy (non-hydrogen) atoms. The van der Waals surface area contributed by atoms with Gasteiger partial charge in [-0.2, -0.15) is 0 Å². The molecule has 0 aromatic heterocycles. The number of aliphatic hydroxyl groups is 1. The molecule has 0 saturated heterocycles. The van der Waals surface area contributed by atoms with E-state index < -0.39 is 5.79 Å². The van der Waals surface area contributed by atoms with Gasteiger partial charge in [0.05, 0.1) is 12.7 Å². The van der Waals surface area contributed by atoms with Crippen molar-refractivity contribution in [2.45, 2.75) is 82.5 Å². The fourth-order valence-corrected chi connectivity index (χ4v) is 7.68. The Balaban J connectivity index is 1.06. The third-order valence-corrected chi connectivity index (χ3v) is 9.48. The lowest BCUT2D eigenvalue weighted by Gasteiger charge is -2.58. The van der Waals surface area contributed by atoms with Crippen LogP contribution in [0.3, 0.4) is 0 Å². The van der Waals surface area contributed by atoms with Gasteiger partial charge in [-0.15, -0.1) is 0 Å². The number of aliphatic hydroxyl groups excluding tert-OH is 1. The van der Waals surface area contributed by atoms with Gasteiger partial charge in [0.15, 0.2) is 0 Å². The zero-order valence-corrected chi connectivity index (χ0v) is 21.7. The van der Waals surface area contributed by atoms with Crippen LogP contribution in [-0.4, -0.2) is 61.9 Å². The lowest BCUT2D eigenvalue weighted by Crippen LogP contribution is -2.60. The van der Waals surface area contributed by atoms with Crippen LogP contribution in [0.1, 0.15) is 76.2 Å². The molecule has 1 aromatic rings. The highest BCUT2D eigenvalue weighted by atomic mass is 17.2. The molecule has 6 rings (SSSR count). The molecule has 1 N–H and O–H groups in total. The Morgan fingerprint density at radius 3 is 2.14 bits per heavy atom. The molecule has 0 radical (unpaired) electrons. The molecule has 196 valence electrons. The van der Waals surface area contributed by atoms with E-state index >= 15 is 0 Å². The van der Waals surface area contributed by atoms with Gasteiger partial charge in [0, 0.05) is 32.0 Å². The first kappa shape index (κ1) is 25.5. The van der Waals surface area contributed by atoms with Crippen LogP contribution in [0.5, 0.6) is 5.75 Å². The van der Waals surface area contributed by atoms with Crippen molar-refractivity contribution in [2.75, 3.05) is 40.0 Å². The van der Waals surface area contributed by atoms with Gasteiger partial charge in [-0.1, -0.05) is 19.1 Å². The summed E-state index contributed by atoms with van der Waals surface area (Å²) in [6, 6.07) is 8.63. The Hall–Kier alpha value is -1.18. The fraction of sp³-hybridized carbons (Fsp3) is 0.793. The first-order chi connectivity index (χ1) is 17.1. The van der Waals surface area contributed by atoms with Gasteiger partial charge >= 0.3 is 0 Å². The van der Waals surface area contributed by atoms with E-state index in [1.807, 2.05) is 7.11 Å². The molecule has 0 spiro atoms. The summed E-state index contributed by atoms with van der Waals surface area (Å²) in [5, 5.41) is 9.11. The van der Waals surface area contributed by atoms with E-state index in [0.717, 1.165) is 56.4 Å². The summed E-state index contributed by atoms with van der Waals surface area (Å²) in [6.45, 7) is 5.39. The molecule has 5 fully saturated rings. The second kappa shape index (κ2) is 11.5. The molecule has 5 aliphatic carbocycles. The predicted molar refractivity (Wildman–Crippen MR) is 135 cm³/mol. The molecule has 1 aromatic carbocycles. The van der Waals surface area contributed by atoms with Gasteiger partial charge in [-0.3, -0.25) is 4.90 Å². The van der Waals surface area contributed by atoms with Gasteiger partial charge in [-0.05, 0) is 99.8 Å². The average Bonchev–Trinajstić information content (AvgIpc) is 2.89. The minimum Gasteiger partial charge on any atom is -0.492 e. The lowest BCUT2D eigenvalue weighted by molar-refractivity contribution is -0.485. The van der Waals surface area contributed by atoms with Gasteiger partial charge in [0.2, 0.25) is 5.79 Å². The molecule has 0 atom stereocenters. The van der Waals surface area contributed by atoms with Crippen LogP contribution >= 0.6 is 0 Å². The Kier molecular flexibility index (Phi) is 8.35. The van der Waals surface area contributed by atoms with Crippen molar-refractivity contribution in [3.8, 4) is 5.75 Å². The highest BCUT2D eigenvalue weighted by molar-refractivity contribution is 5.29. The molecule has 0 amide bonds. The van der Waals surface area contributed by atoms with Crippen molar-refractivity contribution in [1.82, 2.24) is 4.90 Å². The third-order valence-electron chi connectivity index (χ3n) is 9.48. The van der Waals surface area contributed by atoms with Crippen molar-refractivity contribution in [3.63, 3.8) is 0 Å². The van der Waals surface area contributed by atoms with Crippen LogP contribution in [0.25, 0.3) is 0 Å². The first-order valence-corrected chi connectivity index (χ1v) is 14.1. The highest BCUT2D eigenvalue weighted by Crippen LogP contribution is 2.60. The molecule has 5 saturated carbocycles. The van der Waals surface area contributed by atoms with E-state index in [1.165, 1.54) is 37.7 Å². The van der Waals surface area contributed by atoms with Crippen LogP contribution in [0.2, 0.25) is 0 Å². The summed E-state index contributed by atoms with van der Waals surface area (Å²) >= 11 is 0. The monoisotopic (exact) mass is 487 g/mol. The quantitative estimate of drug-likeness (QED) is 0.250. The number of ether oxygens (including phenoxy) is 2. The molecular weight excluding hydrogens is 442 g/mol. The van der Waals surface area contributed by atoms with E-state index in [4.69, 9.17) is 24.4 Å². The Morgan fingerprint density at radius 1 is 0.914 bits per heavy atom. The zero-order chi connectivity index (χ0) is 24.3. The van der Waals surface area contributed by atoms with Crippen LogP contribution in [0.4, 0.5) is 0 Å². The molecule has 6 heteroatoms. The Bertz CT molecular complexity index is 763. The number of methoxy groups -OCH3 is 1. The Morgan fingerprint density at radius 2 is 1.57 bits per heavy atom. The molecule has 6 nitrogen and oxygen atoms in total. The summed E-state index contributed by atoms with van der Waals surface area (Å²) in [5.41, 5.74) is 1.39. The third kappa shape index (κ3) is 5.57. The second-order valence-corrected chi connectivity index (χ2v) is 11.5. The molecule has 4 bridgehead atoms. The van der Waals surface area contributed by atoms with Crippen molar-refractivity contribution in [1.29, 1.82) is 0 Å². The topological polar surface area (TPSA) is 60.4 Å². The van der Waals surface area contributed by atoms with Gasteiger partial charge in [0.1, 0.15) is 12.4 Å². The van der Waals surface area contributed by atoms with Crippen molar-refractivity contribution < 1.29 is 24.4 Å². The number of hydrogen-bond acceptors (Lipinski definition) is 6. The van der Waals surface area contributed by atoms with Gasteiger partial charge < -0.3 is 14.6 Å². The van der Waals surface area contributed by atoms with Gasteiger partial charge in [0.25, 0.3) is 0 Å². The lowest BCUT2D eigenvalue weighted by atomic mass is 9.53. The van der Waals surface area contributed by atoms with Crippen LogP contribution in [-0.2, 0) is 14.5 Å². The SMILES string of the molecule is CCN(CCO)CCOc1ccc(C2CCC(OOC3(OC)C4CC5CC(C4)CC3C5)CC2)cc1. The van der Waals surface area contributed by atoms with E-state index in [2.05, 4.69) is 36.1 Å². The number of benzene rings is 1. The first-order valence-electron chi connectivity index (χ1n) is 14.1. The van der Waals surface area contributed by atoms with E-state index in [-0.39, 0.29) is 12.7 Å². The molecule has 0 unspecified atom stereocenters. The number of rotatable bonds is 12. The van der Waals surface area contributed by atoms with E-state index in [9.17, 15) is 0 Å². The summed E-state index contributed by atoms with van der Waals surface area (Å²) in [5.74, 6) is 3.75. The maximum atomic E-state index is 9.11. The molecule has 5 aliphatic rings. The summed E-state index contributed by atoms with van der Waals surface area (Å²) in [4.78, 5) is 14.6. The maximum absolute atomic E-state index is 9.11. The smallest absolute Gasteiger partial charge is 0.207 e. The normalized spacial score (nSPS) is 36.1. The minimum atomic E-state index is -0.508. The maximum Gasteiger partial charge on any atom is 0.207 e. The van der Waals surface area contributed by atoms with Crippen LogP contribution in [0.15, 0.2) is 24.3 Å². The molecule has 0 aliphatic heterocycles. The van der Waals surface area contributed by atoms with Crippen LogP contribution < -0.4 is 4.74 Å². The van der Waals surface area contributed by atoms with Crippen molar-refractivity contribution >= 4 is 0 Å². The highest BCUT2D eigenvalue weighted by Gasteiger charge is 2.60. The fourth-order valence-electron chi connectivity index (χ4n) is 7.68. The average molecular weight is 488 g/mol. The Labute approximate surface area is 211 Å². The molecular formula is C29H45NO5. The van der Waals surface area contributed by atoms with E-state index in [1.54, 1.807) is 0 Å². The van der Waals surface area contributed by atoms with Crippen molar-refractivity contribution in [3.05, 3.63) is 29.8 Å². The summed E-state index contributed by atoms with van der Waals surface area (Å²) in [7, 11) is 1.82. The summed E-state index contributed by atoms with van der Waals surface area (Å²) < 4.78 is 12.0. The largest absolute Gasteiger partial charge is 0.492 e. The number of likely N-dealkylation sites (N-methyl/N-ethyl adjacent to an activating group) is 1. The number of nitrogens with zero attached hydrogens (tertiary/aromatic N) is 1. The van der Waals surface area contributed by atoms with Crippen LogP contribution in [0, 0.1) is 23.7 Å². The minimum absolute atomic E-state index is 0.165. The summed E-state index contributed by atoms with van der Waals surface area (Å²) in [6.07, 6.45) is 10.9. The predicted octanol–water partition coefficient (Wildman–Crippen LogP) is 5.15. The van der Waals surface area contributed by atoms with E-state index in [0.29, 0.717) is 30.9 Å². The standard InChI is InChI=1S/C29H45NO5/c1-3-30(12-14-31)13-15-33-27-8-4-23(5-9-27)24-6-10-28(11-7-24)34-35-29(32-2)25-17-21-16-22(19-25)20-26(29)18-21/h4-5,8-9,21-22,24-26,28,31H,3,6-7,10-20H2,1-2H3. The zero-order valence-electron chi connectivity index (χ0n) is 21.7. The van der Waals surface area contributed by atoms with Crippen molar-refractivity contribution in [2.24, 2.45) is 23.7 Å². The van der Waals surface area contributed by atoms with Gasteiger partial charge in [-0.25, -0.2) is 9.78 Å².